The van der Waals surface area contributed by atoms with Gasteiger partial charge in [0.25, 0.3) is 0 Å². The summed E-state index contributed by atoms with van der Waals surface area (Å²) in [6, 6.07) is 0. The highest BCUT2D eigenvalue weighted by Crippen LogP contribution is 2.24. The monoisotopic (exact) mass is 222 g/mol. The predicted molar refractivity (Wildman–Crippen MR) is 67.7 cm³/mol. The molecule has 0 spiro atoms. The van der Waals surface area contributed by atoms with Crippen LogP contribution in [0.15, 0.2) is 71.9 Å². The van der Waals surface area contributed by atoms with Gasteiger partial charge in [-0.25, -0.2) is 0 Å². The van der Waals surface area contributed by atoms with E-state index in [1.54, 1.807) is 12.2 Å². The van der Waals surface area contributed by atoms with Gasteiger partial charge in [0.1, 0.15) is 11.5 Å². The van der Waals surface area contributed by atoms with Gasteiger partial charge in [-0.05, 0) is 24.3 Å². The fraction of sp³-hybridized carbons (Fsp3) is 0. The second kappa shape index (κ2) is 6.79. The highest BCUT2D eigenvalue weighted by Gasteiger charge is 1.93. The quantitative estimate of drug-likeness (QED) is 0.527. The average molecular weight is 222 g/mol. The molecular formula is C12H14O2S. The Hall–Kier alpha value is -1.61. The molecule has 2 nitrogen and oxygen atoms in total. The standard InChI is InChI=1S/C12H14O2S/c1-9(13)5-7-11(3)15-12(4)8-6-10(2)14/h5-8,13-14H,1-4H2/b7-5-,8-6-. The Labute approximate surface area is 94.3 Å². The Morgan fingerprint density at radius 1 is 0.733 bits per heavy atom. The summed E-state index contributed by atoms with van der Waals surface area (Å²) in [5.74, 6) is -0.0525. The van der Waals surface area contributed by atoms with E-state index < -0.39 is 0 Å². The van der Waals surface area contributed by atoms with E-state index in [2.05, 4.69) is 26.3 Å². The van der Waals surface area contributed by atoms with Crippen molar-refractivity contribution in [2.75, 3.05) is 0 Å². The Bertz CT molecular complexity index is 315. The first kappa shape index (κ1) is 13.4. The predicted octanol–water partition coefficient (Wildman–Crippen LogP) is 4.00. The second-order valence-electron chi connectivity index (χ2n) is 2.68. The van der Waals surface area contributed by atoms with Gasteiger partial charge in [0.2, 0.25) is 0 Å². The molecule has 0 aromatic carbocycles. The van der Waals surface area contributed by atoms with E-state index in [-0.39, 0.29) is 11.5 Å². The van der Waals surface area contributed by atoms with Gasteiger partial charge in [-0.15, -0.1) is 0 Å². The molecule has 0 aliphatic rings. The molecule has 0 atom stereocenters. The van der Waals surface area contributed by atoms with Crippen LogP contribution in [-0.2, 0) is 0 Å². The first-order chi connectivity index (χ1) is 6.91. The number of hydrogen-bond acceptors (Lipinski definition) is 3. The average Bonchev–Trinajstić information content (AvgIpc) is 2.11. The van der Waals surface area contributed by atoms with Gasteiger partial charge < -0.3 is 10.2 Å². The van der Waals surface area contributed by atoms with Crippen LogP contribution in [0.1, 0.15) is 0 Å². The summed E-state index contributed by atoms with van der Waals surface area (Å²) in [7, 11) is 0. The van der Waals surface area contributed by atoms with Gasteiger partial charge in [0.05, 0.1) is 0 Å². The molecule has 3 heteroatoms. The molecule has 0 aliphatic carbocycles. The van der Waals surface area contributed by atoms with Crippen LogP contribution in [0.2, 0.25) is 0 Å². The van der Waals surface area contributed by atoms with Crippen LogP contribution >= 0.6 is 11.8 Å². The molecule has 0 aromatic rings. The minimum Gasteiger partial charge on any atom is -0.509 e. The molecule has 0 rings (SSSR count). The lowest BCUT2D eigenvalue weighted by molar-refractivity contribution is 0.435. The topological polar surface area (TPSA) is 40.5 Å². The number of aliphatic hydroxyl groups excluding tert-OH is 2. The van der Waals surface area contributed by atoms with Crippen LogP contribution in [0, 0.1) is 0 Å². The van der Waals surface area contributed by atoms with E-state index in [0.717, 1.165) is 0 Å². The maximum absolute atomic E-state index is 8.80. The summed E-state index contributed by atoms with van der Waals surface area (Å²) in [6.07, 6.45) is 6.13. The summed E-state index contributed by atoms with van der Waals surface area (Å²) in [4.78, 5) is 1.42. The fourth-order valence-electron chi connectivity index (χ4n) is 0.615. The molecule has 0 heterocycles. The second-order valence-corrected chi connectivity index (χ2v) is 3.94. The SMILES string of the molecule is C=C(O)/C=C\C(=C)SC(=C)/C=C\C(=C)O. The van der Waals surface area contributed by atoms with E-state index in [4.69, 9.17) is 10.2 Å². The highest BCUT2D eigenvalue weighted by atomic mass is 32.2. The van der Waals surface area contributed by atoms with Crippen LogP contribution in [0.4, 0.5) is 0 Å². The smallest absolute Gasteiger partial charge is 0.108 e. The van der Waals surface area contributed by atoms with Crippen LogP contribution in [0.5, 0.6) is 0 Å². The maximum Gasteiger partial charge on any atom is 0.108 e. The van der Waals surface area contributed by atoms with E-state index in [9.17, 15) is 0 Å². The Balaban J connectivity index is 4.14. The summed E-state index contributed by atoms with van der Waals surface area (Å²) in [5, 5.41) is 17.6. The number of hydrogen-bond donors (Lipinski definition) is 2. The molecule has 0 saturated carbocycles. The molecule has 2 N–H and O–H groups in total. The van der Waals surface area contributed by atoms with Crippen molar-refractivity contribution >= 4 is 11.8 Å². The van der Waals surface area contributed by atoms with Crippen molar-refractivity contribution in [1.29, 1.82) is 0 Å². The van der Waals surface area contributed by atoms with Crippen molar-refractivity contribution in [3.05, 3.63) is 71.9 Å². The fourth-order valence-corrected chi connectivity index (χ4v) is 1.22. The normalized spacial score (nSPS) is 10.7. The lowest BCUT2D eigenvalue weighted by Gasteiger charge is -1.98. The third kappa shape index (κ3) is 8.71. The molecule has 15 heavy (non-hydrogen) atoms. The minimum atomic E-state index is -0.0263. The van der Waals surface area contributed by atoms with Gasteiger partial charge in [-0.1, -0.05) is 38.1 Å². The summed E-state index contributed by atoms with van der Waals surface area (Å²) in [5.41, 5.74) is 0. The van der Waals surface area contributed by atoms with E-state index in [1.807, 2.05) is 0 Å². The molecule has 0 saturated heterocycles. The zero-order chi connectivity index (χ0) is 11.8. The van der Waals surface area contributed by atoms with E-state index in [1.165, 1.54) is 23.9 Å². The highest BCUT2D eigenvalue weighted by molar-refractivity contribution is 8.07. The van der Waals surface area contributed by atoms with Gasteiger partial charge in [0.15, 0.2) is 0 Å². The largest absolute Gasteiger partial charge is 0.509 e. The molecule has 0 aromatic heterocycles. The van der Waals surface area contributed by atoms with Crippen LogP contribution in [0.25, 0.3) is 0 Å². The van der Waals surface area contributed by atoms with Crippen LogP contribution < -0.4 is 0 Å². The van der Waals surface area contributed by atoms with Gasteiger partial charge >= 0.3 is 0 Å². The summed E-state index contributed by atoms with van der Waals surface area (Å²) < 4.78 is 0. The van der Waals surface area contributed by atoms with Crippen molar-refractivity contribution in [2.45, 2.75) is 0 Å². The molecule has 0 fully saturated rings. The number of thioether (sulfide) groups is 1. The van der Waals surface area contributed by atoms with Gasteiger partial charge in [-0.3, -0.25) is 0 Å². The zero-order valence-electron chi connectivity index (χ0n) is 8.44. The molecular weight excluding hydrogens is 208 g/mol. The van der Waals surface area contributed by atoms with Crippen molar-refractivity contribution < 1.29 is 10.2 Å². The lowest BCUT2D eigenvalue weighted by atomic mass is 10.4. The van der Waals surface area contributed by atoms with Crippen LogP contribution in [-0.4, -0.2) is 10.2 Å². The molecule has 0 unspecified atom stereocenters. The molecule has 0 amide bonds. The Morgan fingerprint density at radius 3 is 1.33 bits per heavy atom. The minimum absolute atomic E-state index is 0.0263. The van der Waals surface area contributed by atoms with Gasteiger partial charge in [0, 0.05) is 9.81 Å². The number of aliphatic hydroxyl groups is 2. The van der Waals surface area contributed by atoms with E-state index >= 15 is 0 Å². The van der Waals surface area contributed by atoms with E-state index in [0.29, 0.717) is 9.81 Å². The zero-order valence-corrected chi connectivity index (χ0v) is 9.26. The summed E-state index contributed by atoms with van der Waals surface area (Å²) >= 11 is 1.32. The first-order valence-electron chi connectivity index (χ1n) is 4.09. The van der Waals surface area contributed by atoms with Crippen LogP contribution in [0.3, 0.4) is 0 Å². The third-order valence-corrected chi connectivity index (χ3v) is 1.98. The van der Waals surface area contributed by atoms with Gasteiger partial charge in [-0.2, -0.15) is 0 Å². The first-order valence-corrected chi connectivity index (χ1v) is 4.91. The molecule has 0 aliphatic heterocycles. The summed E-state index contributed by atoms with van der Waals surface area (Å²) in [6.45, 7) is 14.1. The molecule has 0 bridgehead atoms. The van der Waals surface area contributed by atoms with Crippen molar-refractivity contribution in [1.82, 2.24) is 0 Å². The number of rotatable bonds is 6. The van der Waals surface area contributed by atoms with Crippen molar-refractivity contribution in [3.63, 3.8) is 0 Å². The maximum atomic E-state index is 8.80. The Kier molecular flexibility index (Phi) is 6.06. The molecule has 80 valence electrons. The number of allylic oxidation sites excluding steroid dienone is 4. The third-order valence-electron chi connectivity index (χ3n) is 1.19. The lowest BCUT2D eigenvalue weighted by Crippen LogP contribution is -1.73. The molecule has 0 radical (unpaired) electrons. The van der Waals surface area contributed by atoms with Crippen molar-refractivity contribution in [3.8, 4) is 0 Å². The van der Waals surface area contributed by atoms with Crippen molar-refractivity contribution in [2.24, 2.45) is 0 Å². The Morgan fingerprint density at radius 2 is 1.07 bits per heavy atom.